The average molecular weight is 108 g/mol. The van der Waals surface area contributed by atoms with E-state index in [1.54, 1.807) is 32.1 Å². The molecule has 2 unspecified atom stereocenters. The molecule has 0 bridgehead atoms. The monoisotopic (exact) mass is 108 g/mol. The standard InChI is InChI=1S/C8H12/c1-2-6-4-8(6)5-7(8)3-1/h6-7H,1-5H2. The van der Waals surface area contributed by atoms with Crippen LogP contribution in [0.5, 0.6) is 0 Å². The van der Waals surface area contributed by atoms with Gasteiger partial charge >= 0.3 is 0 Å². The Morgan fingerprint density at radius 2 is 1.62 bits per heavy atom. The van der Waals surface area contributed by atoms with Gasteiger partial charge in [0.25, 0.3) is 0 Å². The normalized spacial score (nSPS) is 66.0. The van der Waals surface area contributed by atoms with Gasteiger partial charge in [0.05, 0.1) is 0 Å². The largest absolute Gasteiger partial charge is 0.0527 e. The van der Waals surface area contributed by atoms with Crippen molar-refractivity contribution in [2.24, 2.45) is 17.3 Å². The summed E-state index contributed by atoms with van der Waals surface area (Å²) in [7, 11) is 0. The minimum atomic E-state index is 1.01. The number of rotatable bonds is 0. The third-order valence-electron chi connectivity index (χ3n) is 3.66. The minimum absolute atomic E-state index is 1.01. The van der Waals surface area contributed by atoms with Crippen molar-refractivity contribution in [3.63, 3.8) is 0 Å². The Labute approximate surface area is 50.3 Å². The summed E-state index contributed by atoms with van der Waals surface area (Å²) in [6.45, 7) is 0. The van der Waals surface area contributed by atoms with Gasteiger partial charge in [-0.3, -0.25) is 0 Å². The summed E-state index contributed by atoms with van der Waals surface area (Å²) in [6, 6.07) is 0. The quantitative estimate of drug-likeness (QED) is 0.446. The van der Waals surface area contributed by atoms with Gasteiger partial charge in [-0.25, -0.2) is 0 Å². The highest BCUT2D eigenvalue weighted by molar-refractivity contribution is 5.19. The molecule has 3 rings (SSSR count). The lowest BCUT2D eigenvalue weighted by Crippen LogP contribution is -1.93. The molecule has 0 amide bonds. The highest BCUT2D eigenvalue weighted by Gasteiger charge is 2.70. The predicted molar refractivity (Wildman–Crippen MR) is 32.5 cm³/mol. The SMILES string of the molecule is C1CC2CC23CC3C1. The molecule has 0 aliphatic heterocycles. The van der Waals surface area contributed by atoms with E-state index in [2.05, 4.69) is 0 Å². The lowest BCUT2D eigenvalue weighted by atomic mass is 10.0. The Kier molecular flexibility index (Phi) is 0.427. The van der Waals surface area contributed by atoms with Gasteiger partial charge < -0.3 is 0 Å². The highest BCUT2D eigenvalue weighted by Crippen LogP contribution is 2.79. The molecule has 0 aromatic rings. The Bertz CT molecular complexity index is 117. The lowest BCUT2D eigenvalue weighted by Gasteiger charge is -2.04. The first kappa shape index (κ1) is 3.92. The minimum Gasteiger partial charge on any atom is -0.0527 e. The molecule has 0 radical (unpaired) electrons. The van der Waals surface area contributed by atoms with E-state index in [0.29, 0.717) is 0 Å². The van der Waals surface area contributed by atoms with Crippen LogP contribution in [0.2, 0.25) is 0 Å². The first-order valence-corrected chi connectivity index (χ1v) is 3.92. The van der Waals surface area contributed by atoms with Crippen LogP contribution >= 0.6 is 0 Å². The van der Waals surface area contributed by atoms with Crippen LogP contribution in [0.15, 0.2) is 0 Å². The molecule has 0 aromatic carbocycles. The van der Waals surface area contributed by atoms with E-state index in [9.17, 15) is 0 Å². The van der Waals surface area contributed by atoms with Crippen molar-refractivity contribution in [2.75, 3.05) is 0 Å². The third kappa shape index (κ3) is 0.260. The van der Waals surface area contributed by atoms with Gasteiger partial charge in [-0.05, 0) is 42.9 Å². The van der Waals surface area contributed by atoms with Crippen molar-refractivity contribution in [1.82, 2.24) is 0 Å². The Hall–Kier alpha value is 0. The molecule has 3 aliphatic carbocycles. The summed E-state index contributed by atoms with van der Waals surface area (Å²) in [5.74, 6) is 2.45. The zero-order chi connectivity index (χ0) is 5.19. The molecule has 3 fully saturated rings. The molecular formula is C8H12. The summed E-state index contributed by atoms with van der Waals surface area (Å²) in [6.07, 6.45) is 7.96. The van der Waals surface area contributed by atoms with E-state index in [0.717, 1.165) is 5.41 Å². The molecule has 8 heavy (non-hydrogen) atoms. The second-order valence-electron chi connectivity index (χ2n) is 3.97. The predicted octanol–water partition coefficient (Wildman–Crippen LogP) is 2.20. The molecular weight excluding hydrogens is 96.1 g/mol. The van der Waals surface area contributed by atoms with Crippen LogP contribution in [0.1, 0.15) is 32.1 Å². The Morgan fingerprint density at radius 3 is 2.12 bits per heavy atom. The van der Waals surface area contributed by atoms with Crippen molar-refractivity contribution in [3.05, 3.63) is 0 Å². The first-order chi connectivity index (χ1) is 3.92. The van der Waals surface area contributed by atoms with Gasteiger partial charge in [-0.2, -0.15) is 0 Å². The molecule has 3 saturated carbocycles. The van der Waals surface area contributed by atoms with E-state index < -0.39 is 0 Å². The van der Waals surface area contributed by atoms with Crippen molar-refractivity contribution in [2.45, 2.75) is 32.1 Å². The summed E-state index contributed by atoms with van der Waals surface area (Å²) >= 11 is 0. The molecule has 0 saturated heterocycles. The Morgan fingerprint density at radius 1 is 1.00 bits per heavy atom. The van der Waals surface area contributed by atoms with E-state index in [1.165, 1.54) is 11.8 Å². The van der Waals surface area contributed by atoms with Gasteiger partial charge in [0, 0.05) is 0 Å². The second kappa shape index (κ2) is 0.872. The molecule has 0 N–H and O–H groups in total. The highest BCUT2D eigenvalue weighted by atomic mass is 14.7. The van der Waals surface area contributed by atoms with E-state index >= 15 is 0 Å². The number of hydrogen-bond donors (Lipinski definition) is 0. The van der Waals surface area contributed by atoms with E-state index in [1.807, 2.05) is 0 Å². The zero-order valence-corrected chi connectivity index (χ0v) is 5.19. The van der Waals surface area contributed by atoms with Crippen molar-refractivity contribution >= 4 is 0 Å². The summed E-state index contributed by atoms with van der Waals surface area (Å²) in [4.78, 5) is 0. The fourth-order valence-electron chi connectivity index (χ4n) is 2.94. The van der Waals surface area contributed by atoms with Crippen molar-refractivity contribution in [3.8, 4) is 0 Å². The molecule has 1 spiro atoms. The van der Waals surface area contributed by atoms with E-state index in [4.69, 9.17) is 0 Å². The maximum absolute atomic E-state index is 1.62. The summed E-state index contributed by atoms with van der Waals surface area (Å²) < 4.78 is 0. The molecule has 0 heterocycles. The van der Waals surface area contributed by atoms with Crippen LogP contribution in [0.25, 0.3) is 0 Å². The molecule has 2 atom stereocenters. The average Bonchev–Trinajstić information content (AvgIpc) is 2.45. The van der Waals surface area contributed by atoms with Crippen LogP contribution in [0.3, 0.4) is 0 Å². The van der Waals surface area contributed by atoms with Gasteiger partial charge in [0.1, 0.15) is 0 Å². The lowest BCUT2D eigenvalue weighted by molar-refractivity contribution is 0.468. The second-order valence-corrected chi connectivity index (χ2v) is 3.97. The van der Waals surface area contributed by atoms with Crippen LogP contribution < -0.4 is 0 Å². The summed E-state index contributed by atoms with van der Waals surface area (Å²) in [5, 5.41) is 0. The fourth-order valence-corrected chi connectivity index (χ4v) is 2.94. The van der Waals surface area contributed by atoms with Gasteiger partial charge in [-0.1, -0.05) is 6.42 Å². The molecule has 0 nitrogen and oxygen atoms in total. The zero-order valence-electron chi connectivity index (χ0n) is 5.19. The maximum atomic E-state index is 1.62. The van der Waals surface area contributed by atoms with Crippen LogP contribution in [0.4, 0.5) is 0 Å². The molecule has 0 heteroatoms. The van der Waals surface area contributed by atoms with Crippen LogP contribution in [0, 0.1) is 17.3 Å². The topological polar surface area (TPSA) is 0 Å². The number of hydrogen-bond acceptors (Lipinski definition) is 0. The maximum Gasteiger partial charge on any atom is -0.0235 e. The van der Waals surface area contributed by atoms with Gasteiger partial charge in [-0.15, -0.1) is 0 Å². The third-order valence-corrected chi connectivity index (χ3v) is 3.66. The van der Waals surface area contributed by atoms with Gasteiger partial charge in [0.15, 0.2) is 0 Å². The fraction of sp³-hybridized carbons (Fsp3) is 1.00. The van der Waals surface area contributed by atoms with Crippen molar-refractivity contribution < 1.29 is 0 Å². The van der Waals surface area contributed by atoms with Crippen molar-refractivity contribution in [1.29, 1.82) is 0 Å². The van der Waals surface area contributed by atoms with Crippen LogP contribution in [-0.4, -0.2) is 0 Å². The molecule has 3 aliphatic rings. The van der Waals surface area contributed by atoms with Gasteiger partial charge in [0.2, 0.25) is 0 Å². The van der Waals surface area contributed by atoms with E-state index in [-0.39, 0.29) is 0 Å². The molecule has 44 valence electrons. The molecule has 0 aromatic heterocycles. The first-order valence-electron chi connectivity index (χ1n) is 3.92. The summed E-state index contributed by atoms with van der Waals surface area (Å²) in [5.41, 5.74) is 1.01. The smallest absolute Gasteiger partial charge is 0.0235 e. The Balaban J connectivity index is 1.95. The van der Waals surface area contributed by atoms with Crippen LogP contribution in [-0.2, 0) is 0 Å².